The van der Waals surface area contributed by atoms with Crippen molar-refractivity contribution in [1.82, 2.24) is 0 Å². The monoisotopic (exact) mass is 1030 g/mol. The van der Waals surface area contributed by atoms with Crippen molar-refractivity contribution < 1.29 is 0 Å². The Morgan fingerprint density at radius 3 is 0.812 bits per heavy atom. The Hall–Kier alpha value is -9.10. The minimum atomic E-state index is 1.32. The molecular weight excluding hydrogens is 961 g/mol. The second-order valence-corrected chi connectivity index (χ2v) is 22.1. The van der Waals surface area contributed by atoms with E-state index in [4.69, 9.17) is 0 Å². The number of hydrogen-bond acceptors (Lipinski definition) is 0. The molecule has 0 atom stereocenters. The second-order valence-electron chi connectivity index (χ2n) is 22.1. The minimum Gasteiger partial charge on any atom is -0.0616 e. The molecule has 0 saturated heterocycles. The van der Waals surface area contributed by atoms with Gasteiger partial charge in [0.1, 0.15) is 0 Å². The summed E-state index contributed by atoms with van der Waals surface area (Å²) >= 11 is 0. The Morgan fingerprint density at radius 2 is 0.425 bits per heavy atom. The van der Waals surface area contributed by atoms with E-state index < -0.39 is 0 Å². The van der Waals surface area contributed by atoms with E-state index in [1.165, 1.54) is 163 Å². The van der Waals surface area contributed by atoms with Crippen LogP contribution in [-0.4, -0.2) is 0 Å². The molecule has 0 spiro atoms. The van der Waals surface area contributed by atoms with Crippen LogP contribution in [0.3, 0.4) is 0 Å². The van der Waals surface area contributed by atoms with Crippen LogP contribution in [0.25, 0.3) is 108 Å². The van der Waals surface area contributed by atoms with Crippen LogP contribution in [0.2, 0.25) is 0 Å². The SMILES string of the molecule is Cc1ccc2c(C)c3ccccc3cc2c1.Cc1ccc2cc3ccccc3c(C)c2c1.Cc1ccc2cc3ccccc3c(C)c2c1.Cc1cccc2cc3ccccc3c(C)c12.Cc1cccc2cc3ccccc3c(C)c12. The van der Waals surface area contributed by atoms with Gasteiger partial charge in [-0.05, 0) is 246 Å². The van der Waals surface area contributed by atoms with Gasteiger partial charge in [-0.25, -0.2) is 0 Å². The molecule has 15 aromatic rings. The summed E-state index contributed by atoms with van der Waals surface area (Å²) < 4.78 is 0. The predicted molar refractivity (Wildman–Crippen MR) is 355 cm³/mol. The van der Waals surface area contributed by atoms with Crippen LogP contribution in [0.15, 0.2) is 243 Å². The number of aryl methyl sites for hydroxylation is 10. The smallest absolute Gasteiger partial charge is 0.0119 e. The summed E-state index contributed by atoms with van der Waals surface area (Å²) in [5.74, 6) is 0. The fourth-order valence-corrected chi connectivity index (χ4v) is 12.4. The summed E-state index contributed by atoms with van der Waals surface area (Å²) in [6.07, 6.45) is 0. The molecule has 0 radical (unpaired) electrons. The lowest BCUT2D eigenvalue weighted by Gasteiger charge is -2.09. The van der Waals surface area contributed by atoms with Crippen molar-refractivity contribution in [3.8, 4) is 0 Å². The Morgan fingerprint density at radius 1 is 0.163 bits per heavy atom. The van der Waals surface area contributed by atoms with Gasteiger partial charge in [0.05, 0.1) is 0 Å². The largest absolute Gasteiger partial charge is 0.0616 e. The lowest BCUT2D eigenvalue weighted by atomic mass is 9.95. The minimum absolute atomic E-state index is 1.32. The third-order valence-electron chi connectivity index (χ3n) is 16.6. The van der Waals surface area contributed by atoms with Crippen LogP contribution >= 0.6 is 0 Å². The summed E-state index contributed by atoms with van der Waals surface area (Å²) in [7, 11) is 0. The van der Waals surface area contributed by atoms with Gasteiger partial charge < -0.3 is 0 Å². The third-order valence-corrected chi connectivity index (χ3v) is 16.6. The zero-order chi connectivity index (χ0) is 55.6. The molecule has 0 aliphatic rings. The van der Waals surface area contributed by atoms with Gasteiger partial charge in [0.25, 0.3) is 0 Å². The van der Waals surface area contributed by atoms with Gasteiger partial charge in [-0.3, -0.25) is 0 Å². The quantitative estimate of drug-likeness (QED) is 0.133. The molecule has 0 fully saturated rings. The van der Waals surface area contributed by atoms with Crippen LogP contribution in [0.1, 0.15) is 55.6 Å². The molecule has 0 aliphatic heterocycles. The second kappa shape index (κ2) is 22.7. The van der Waals surface area contributed by atoms with Gasteiger partial charge in [0, 0.05) is 0 Å². The van der Waals surface area contributed by atoms with Gasteiger partial charge in [0.2, 0.25) is 0 Å². The van der Waals surface area contributed by atoms with E-state index in [9.17, 15) is 0 Å². The fourth-order valence-electron chi connectivity index (χ4n) is 12.4. The Kier molecular flexibility index (Phi) is 15.0. The highest BCUT2D eigenvalue weighted by molar-refractivity contribution is 6.07. The maximum Gasteiger partial charge on any atom is -0.0119 e. The Bertz CT molecular complexity index is 4550. The van der Waals surface area contributed by atoms with E-state index >= 15 is 0 Å². The lowest BCUT2D eigenvalue weighted by molar-refractivity contribution is 1.49. The molecule has 0 heteroatoms. The summed E-state index contributed by atoms with van der Waals surface area (Å²) in [6, 6.07) is 87.4. The molecule has 0 saturated carbocycles. The molecular formula is C80H70. The highest BCUT2D eigenvalue weighted by atomic mass is 14.1. The van der Waals surface area contributed by atoms with Gasteiger partial charge in [-0.1, -0.05) is 229 Å². The van der Waals surface area contributed by atoms with Crippen molar-refractivity contribution in [2.24, 2.45) is 0 Å². The summed E-state index contributed by atoms with van der Waals surface area (Å²) in [5, 5.41) is 27.1. The normalized spacial score (nSPS) is 11.1. The molecule has 0 unspecified atom stereocenters. The molecule has 0 amide bonds. The zero-order valence-corrected chi connectivity index (χ0v) is 48.1. The average Bonchev–Trinajstić information content (AvgIpc) is 3.52. The highest BCUT2D eigenvalue weighted by Gasteiger charge is 2.09. The summed E-state index contributed by atoms with van der Waals surface area (Å²) in [5.41, 5.74) is 13.6. The number of hydrogen-bond donors (Lipinski definition) is 0. The maximum absolute atomic E-state index is 2.28. The van der Waals surface area contributed by atoms with Crippen LogP contribution < -0.4 is 0 Å². The van der Waals surface area contributed by atoms with E-state index in [-0.39, 0.29) is 0 Å². The maximum atomic E-state index is 2.28. The fraction of sp³-hybridized carbons (Fsp3) is 0.125. The summed E-state index contributed by atoms with van der Waals surface area (Å²) in [6.45, 7) is 21.9. The molecule has 0 nitrogen and oxygen atoms in total. The van der Waals surface area contributed by atoms with Crippen LogP contribution in [0, 0.1) is 69.2 Å². The average molecular weight is 1030 g/mol. The third kappa shape index (κ3) is 10.6. The van der Waals surface area contributed by atoms with Crippen molar-refractivity contribution in [3.63, 3.8) is 0 Å². The molecule has 80 heavy (non-hydrogen) atoms. The highest BCUT2D eigenvalue weighted by Crippen LogP contribution is 2.34. The van der Waals surface area contributed by atoms with Crippen molar-refractivity contribution >= 4 is 108 Å². The van der Waals surface area contributed by atoms with Crippen molar-refractivity contribution in [1.29, 1.82) is 0 Å². The van der Waals surface area contributed by atoms with Gasteiger partial charge in [-0.2, -0.15) is 0 Å². The summed E-state index contributed by atoms with van der Waals surface area (Å²) in [4.78, 5) is 0. The van der Waals surface area contributed by atoms with Crippen LogP contribution in [-0.2, 0) is 0 Å². The zero-order valence-electron chi connectivity index (χ0n) is 48.1. The first-order valence-electron chi connectivity index (χ1n) is 28.2. The first-order valence-corrected chi connectivity index (χ1v) is 28.2. The van der Waals surface area contributed by atoms with Crippen molar-refractivity contribution in [2.45, 2.75) is 69.2 Å². The van der Waals surface area contributed by atoms with E-state index in [0.717, 1.165) is 0 Å². The van der Waals surface area contributed by atoms with Crippen LogP contribution in [0.5, 0.6) is 0 Å². The van der Waals surface area contributed by atoms with Crippen molar-refractivity contribution in [2.75, 3.05) is 0 Å². The molecule has 15 aromatic carbocycles. The molecule has 0 N–H and O–H groups in total. The van der Waals surface area contributed by atoms with Gasteiger partial charge in [0.15, 0.2) is 0 Å². The molecule has 0 aliphatic carbocycles. The molecule has 0 bridgehead atoms. The Labute approximate surface area is 472 Å². The van der Waals surface area contributed by atoms with E-state index in [1.807, 2.05) is 0 Å². The molecule has 390 valence electrons. The van der Waals surface area contributed by atoms with Crippen LogP contribution in [0.4, 0.5) is 0 Å². The topological polar surface area (TPSA) is 0 Å². The lowest BCUT2D eigenvalue weighted by Crippen LogP contribution is -1.85. The van der Waals surface area contributed by atoms with E-state index in [0.29, 0.717) is 0 Å². The first-order chi connectivity index (χ1) is 38.8. The van der Waals surface area contributed by atoms with Gasteiger partial charge >= 0.3 is 0 Å². The number of benzene rings is 15. The van der Waals surface area contributed by atoms with E-state index in [1.54, 1.807) is 0 Å². The molecule has 0 heterocycles. The first kappa shape index (κ1) is 52.9. The Balaban J connectivity index is 0.000000105. The number of fused-ring (bicyclic) bond motifs is 10. The number of rotatable bonds is 0. The molecule has 0 aromatic heterocycles. The van der Waals surface area contributed by atoms with Gasteiger partial charge in [-0.15, -0.1) is 0 Å². The van der Waals surface area contributed by atoms with Crippen molar-refractivity contribution in [3.05, 3.63) is 298 Å². The van der Waals surface area contributed by atoms with E-state index in [2.05, 4.69) is 312 Å². The standard InChI is InChI=1S/5C16H14/c2*1-11-6-5-8-14-10-13-7-3-4-9-15(13)12(2)16(11)14;1-11-7-8-16-12(2)15-6-4-3-5-13(15)10-14(16)9-11;2*1-11-7-8-14-10-13-5-3-4-6-15(13)12(2)16(14)9-11/h5*3-10H,1-2H3. The predicted octanol–water partition coefficient (Wildman–Crippen LogP) is 23.0. The molecule has 15 rings (SSSR count).